The van der Waals surface area contributed by atoms with E-state index in [4.69, 9.17) is 0 Å². The normalized spacial score (nSPS) is 10.6. The maximum absolute atomic E-state index is 11.3. The fraction of sp³-hybridized carbons (Fsp3) is 0.176. The predicted molar refractivity (Wildman–Crippen MR) is 88.8 cm³/mol. The van der Waals surface area contributed by atoms with Gasteiger partial charge < -0.3 is 0 Å². The van der Waals surface area contributed by atoms with E-state index in [0.717, 1.165) is 5.56 Å². The molecule has 0 N–H and O–H groups in total. The highest BCUT2D eigenvalue weighted by molar-refractivity contribution is 6.83. The molecule has 21 heavy (non-hydrogen) atoms. The summed E-state index contributed by atoms with van der Waals surface area (Å²) in [4.78, 5) is 11.0. The average Bonchev–Trinajstić information content (AvgIpc) is 2.45. The van der Waals surface area contributed by atoms with Gasteiger partial charge in [-0.1, -0.05) is 55.9 Å². The molecule has 0 radical (unpaired) electrons. The van der Waals surface area contributed by atoms with Gasteiger partial charge in [0.2, 0.25) is 0 Å². The van der Waals surface area contributed by atoms with Crippen molar-refractivity contribution in [1.29, 1.82) is 0 Å². The highest BCUT2D eigenvalue weighted by Crippen LogP contribution is 2.30. The van der Waals surface area contributed by atoms with Gasteiger partial charge in [0.25, 0.3) is 5.69 Å². The first-order chi connectivity index (χ1) is 9.87. The van der Waals surface area contributed by atoms with Gasteiger partial charge in [-0.25, -0.2) is 0 Å². The van der Waals surface area contributed by atoms with Gasteiger partial charge in [0, 0.05) is 11.6 Å². The van der Waals surface area contributed by atoms with Gasteiger partial charge in [0.1, 0.15) is 8.07 Å². The van der Waals surface area contributed by atoms with Gasteiger partial charge in [-0.3, -0.25) is 10.1 Å². The Balaban J connectivity index is 2.50. The molecule has 0 unspecified atom stereocenters. The van der Waals surface area contributed by atoms with Crippen molar-refractivity contribution >= 4 is 13.8 Å². The summed E-state index contributed by atoms with van der Waals surface area (Å²) in [5.74, 6) is 3.07. The quantitative estimate of drug-likeness (QED) is 0.354. The van der Waals surface area contributed by atoms with E-state index in [9.17, 15) is 10.1 Å². The van der Waals surface area contributed by atoms with Crippen LogP contribution < -0.4 is 0 Å². The molecule has 2 rings (SSSR count). The van der Waals surface area contributed by atoms with E-state index in [2.05, 4.69) is 31.1 Å². The number of hydrogen-bond donors (Lipinski definition) is 0. The van der Waals surface area contributed by atoms with Crippen molar-refractivity contribution in [3.05, 3.63) is 64.2 Å². The van der Waals surface area contributed by atoms with Crippen molar-refractivity contribution in [2.24, 2.45) is 0 Å². The zero-order valence-corrected chi connectivity index (χ0v) is 13.4. The zero-order valence-electron chi connectivity index (χ0n) is 12.4. The van der Waals surface area contributed by atoms with Gasteiger partial charge in [0.05, 0.1) is 10.5 Å². The SMILES string of the molecule is C[Si](C)(C)C#Cc1ccc(-c2ccccc2)c([N+](=O)[O-])c1. The van der Waals surface area contributed by atoms with Gasteiger partial charge in [0.15, 0.2) is 0 Å². The molecule has 2 aromatic rings. The molecular weight excluding hydrogens is 278 g/mol. The summed E-state index contributed by atoms with van der Waals surface area (Å²) in [5.41, 5.74) is 5.49. The molecule has 0 spiro atoms. The molecular formula is C17H17NO2Si. The summed E-state index contributed by atoms with van der Waals surface area (Å²) in [7, 11) is -1.49. The summed E-state index contributed by atoms with van der Waals surface area (Å²) in [5, 5.41) is 11.3. The number of hydrogen-bond acceptors (Lipinski definition) is 2. The molecule has 0 aliphatic heterocycles. The Kier molecular flexibility index (Phi) is 4.25. The Morgan fingerprint density at radius 2 is 1.71 bits per heavy atom. The number of nitrogens with zero attached hydrogens (tertiary/aromatic N) is 1. The van der Waals surface area contributed by atoms with Crippen LogP contribution in [-0.4, -0.2) is 13.0 Å². The number of nitro benzene ring substituents is 1. The van der Waals surface area contributed by atoms with Gasteiger partial charge in [-0.2, -0.15) is 0 Å². The lowest BCUT2D eigenvalue weighted by molar-refractivity contribution is -0.384. The van der Waals surface area contributed by atoms with Crippen LogP contribution in [0.2, 0.25) is 19.6 Å². The standard InChI is InChI=1S/C17H17NO2Si/c1-21(2,3)12-11-14-9-10-16(17(13-14)18(19)20)15-7-5-4-6-8-15/h4-10,13H,1-3H3. The molecule has 106 valence electrons. The van der Waals surface area contributed by atoms with Crippen molar-refractivity contribution in [3.8, 4) is 22.6 Å². The Morgan fingerprint density at radius 3 is 2.29 bits per heavy atom. The minimum Gasteiger partial charge on any atom is -0.258 e. The molecule has 0 bridgehead atoms. The lowest BCUT2D eigenvalue weighted by atomic mass is 10.0. The second-order valence-electron chi connectivity index (χ2n) is 5.86. The van der Waals surface area contributed by atoms with Crippen molar-refractivity contribution in [1.82, 2.24) is 0 Å². The van der Waals surface area contributed by atoms with E-state index in [0.29, 0.717) is 11.1 Å². The van der Waals surface area contributed by atoms with E-state index < -0.39 is 8.07 Å². The molecule has 0 fully saturated rings. The molecule has 0 heterocycles. The Labute approximate surface area is 125 Å². The van der Waals surface area contributed by atoms with Crippen LogP contribution in [0, 0.1) is 21.6 Å². The topological polar surface area (TPSA) is 43.1 Å². The lowest BCUT2D eigenvalue weighted by Gasteiger charge is -2.05. The summed E-state index contributed by atoms with van der Waals surface area (Å²) in [6, 6.07) is 14.6. The Morgan fingerprint density at radius 1 is 1.05 bits per heavy atom. The van der Waals surface area contributed by atoms with Crippen LogP contribution in [0.3, 0.4) is 0 Å². The van der Waals surface area contributed by atoms with Gasteiger partial charge >= 0.3 is 0 Å². The molecule has 0 aliphatic carbocycles. The molecule has 4 heteroatoms. The minimum atomic E-state index is -1.49. The summed E-state index contributed by atoms with van der Waals surface area (Å²) >= 11 is 0. The Bertz CT molecular complexity index is 722. The summed E-state index contributed by atoms with van der Waals surface area (Å²) < 4.78 is 0. The first-order valence-electron chi connectivity index (χ1n) is 6.74. The van der Waals surface area contributed by atoms with Crippen LogP contribution in [0.4, 0.5) is 5.69 Å². The summed E-state index contributed by atoms with van der Waals surface area (Å²) in [6.07, 6.45) is 0. The smallest absolute Gasteiger partial charge is 0.258 e. The predicted octanol–water partition coefficient (Wildman–Crippen LogP) is 4.49. The zero-order chi connectivity index (χ0) is 15.5. The van der Waals surface area contributed by atoms with Gasteiger partial charge in [-0.05, 0) is 17.7 Å². The second kappa shape index (κ2) is 5.94. The van der Waals surface area contributed by atoms with E-state index in [1.54, 1.807) is 12.1 Å². The van der Waals surface area contributed by atoms with Crippen molar-refractivity contribution in [3.63, 3.8) is 0 Å². The van der Waals surface area contributed by atoms with Crippen LogP contribution in [0.15, 0.2) is 48.5 Å². The maximum atomic E-state index is 11.3. The van der Waals surface area contributed by atoms with Gasteiger partial charge in [-0.15, -0.1) is 5.54 Å². The first kappa shape index (κ1) is 15.0. The van der Waals surface area contributed by atoms with Crippen molar-refractivity contribution in [2.75, 3.05) is 0 Å². The van der Waals surface area contributed by atoms with Crippen LogP contribution in [0.25, 0.3) is 11.1 Å². The van der Waals surface area contributed by atoms with Crippen molar-refractivity contribution in [2.45, 2.75) is 19.6 Å². The highest BCUT2D eigenvalue weighted by atomic mass is 28.3. The molecule has 0 aromatic heterocycles. The molecule has 0 saturated heterocycles. The molecule has 3 nitrogen and oxygen atoms in total. The maximum Gasteiger partial charge on any atom is 0.278 e. The fourth-order valence-corrected chi connectivity index (χ4v) is 2.40. The average molecular weight is 295 g/mol. The highest BCUT2D eigenvalue weighted by Gasteiger charge is 2.15. The largest absolute Gasteiger partial charge is 0.278 e. The summed E-state index contributed by atoms with van der Waals surface area (Å²) in [6.45, 7) is 6.44. The van der Waals surface area contributed by atoms with E-state index >= 15 is 0 Å². The number of benzene rings is 2. The second-order valence-corrected chi connectivity index (χ2v) is 10.6. The van der Waals surface area contributed by atoms with E-state index in [-0.39, 0.29) is 10.6 Å². The molecule has 2 aromatic carbocycles. The van der Waals surface area contributed by atoms with Crippen LogP contribution >= 0.6 is 0 Å². The van der Waals surface area contributed by atoms with Crippen LogP contribution in [-0.2, 0) is 0 Å². The lowest BCUT2D eigenvalue weighted by Crippen LogP contribution is -2.16. The molecule has 0 atom stereocenters. The minimum absolute atomic E-state index is 0.101. The number of rotatable bonds is 2. The van der Waals surface area contributed by atoms with Crippen LogP contribution in [0.1, 0.15) is 5.56 Å². The third kappa shape index (κ3) is 4.04. The first-order valence-corrected chi connectivity index (χ1v) is 10.2. The number of nitro groups is 1. The molecule has 0 aliphatic rings. The van der Waals surface area contributed by atoms with Crippen LogP contribution in [0.5, 0.6) is 0 Å². The van der Waals surface area contributed by atoms with E-state index in [1.807, 2.05) is 36.4 Å². The fourth-order valence-electron chi connectivity index (χ4n) is 1.88. The van der Waals surface area contributed by atoms with Crippen molar-refractivity contribution < 1.29 is 4.92 Å². The third-order valence-electron chi connectivity index (χ3n) is 2.86. The third-order valence-corrected chi connectivity index (χ3v) is 3.74. The molecule has 0 saturated carbocycles. The molecule has 0 amide bonds. The Hall–Kier alpha value is -2.38. The van der Waals surface area contributed by atoms with E-state index in [1.165, 1.54) is 0 Å². The monoisotopic (exact) mass is 295 g/mol.